The molecule has 2 aliphatic rings. The fourth-order valence-electron chi connectivity index (χ4n) is 4.18. The molecule has 0 bridgehead atoms. The van der Waals surface area contributed by atoms with Crippen LogP contribution in [0.3, 0.4) is 0 Å². The molecule has 0 aliphatic carbocycles. The lowest BCUT2D eigenvalue weighted by Crippen LogP contribution is -2.61. The summed E-state index contributed by atoms with van der Waals surface area (Å²) in [5, 5.41) is 4.15. The Morgan fingerprint density at radius 3 is 2.75 bits per heavy atom. The number of amides is 2. The molecular weight excluding hydrogens is 408 g/mol. The lowest BCUT2D eigenvalue weighted by atomic mass is 9.95. The lowest BCUT2D eigenvalue weighted by Gasteiger charge is -2.42. The van der Waals surface area contributed by atoms with Gasteiger partial charge in [0.1, 0.15) is 6.54 Å². The zero-order valence-electron chi connectivity index (χ0n) is 18.3. The van der Waals surface area contributed by atoms with E-state index in [1.165, 1.54) is 16.3 Å². The van der Waals surface area contributed by atoms with E-state index in [1.54, 1.807) is 22.8 Å². The van der Waals surface area contributed by atoms with E-state index in [1.807, 2.05) is 42.5 Å². The van der Waals surface area contributed by atoms with Gasteiger partial charge in [-0.05, 0) is 25.0 Å². The maximum absolute atomic E-state index is 13.5. The van der Waals surface area contributed by atoms with Crippen molar-refractivity contribution in [1.29, 1.82) is 0 Å². The van der Waals surface area contributed by atoms with Crippen LogP contribution in [-0.4, -0.2) is 69.8 Å². The normalized spacial score (nSPS) is 21.1. The summed E-state index contributed by atoms with van der Waals surface area (Å²) in [6.07, 6.45) is 5.11. The van der Waals surface area contributed by atoms with Crippen molar-refractivity contribution in [2.75, 3.05) is 32.8 Å². The predicted molar refractivity (Wildman–Crippen MR) is 119 cm³/mol. The van der Waals surface area contributed by atoms with Crippen LogP contribution in [0.1, 0.15) is 17.7 Å². The molecule has 8 heteroatoms. The molecule has 1 saturated heterocycles. The van der Waals surface area contributed by atoms with Gasteiger partial charge in [0, 0.05) is 32.1 Å². The van der Waals surface area contributed by atoms with Gasteiger partial charge in [-0.3, -0.25) is 14.4 Å². The van der Waals surface area contributed by atoms with Crippen LogP contribution in [0.5, 0.6) is 0 Å². The molecule has 168 valence electrons. The van der Waals surface area contributed by atoms with Crippen molar-refractivity contribution < 1.29 is 14.3 Å². The van der Waals surface area contributed by atoms with Crippen LogP contribution in [0, 0.1) is 6.92 Å². The van der Waals surface area contributed by atoms with Gasteiger partial charge in [-0.2, -0.15) is 5.10 Å². The summed E-state index contributed by atoms with van der Waals surface area (Å²) in [5.74, 6) is -0.341. The first kappa shape index (κ1) is 22.0. The van der Waals surface area contributed by atoms with Gasteiger partial charge in [-0.1, -0.05) is 42.5 Å². The Labute approximate surface area is 187 Å². The molecule has 32 heavy (non-hydrogen) atoms. The minimum absolute atomic E-state index is 0.0956. The first-order chi connectivity index (χ1) is 15.5. The average Bonchev–Trinajstić information content (AvgIpc) is 2.95. The standard InChI is InChI=1S/C24H28N4O4/c1-19-9-10-21(29)28(25-19)17-22(30)27-15-16-32-24(18-27)12-5-6-13-26(23(24)31)14-11-20-7-3-2-4-8-20/h2-10H,11-18H2,1H3/t24-/m0/s1. The third kappa shape index (κ3) is 4.80. The van der Waals surface area contributed by atoms with Gasteiger partial charge in [-0.25, -0.2) is 4.68 Å². The van der Waals surface area contributed by atoms with E-state index < -0.39 is 5.60 Å². The van der Waals surface area contributed by atoms with Crippen LogP contribution in [0.25, 0.3) is 0 Å². The summed E-state index contributed by atoms with van der Waals surface area (Å²) in [5.41, 5.74) is 0.407. The maximum Gasteiger partial charge on any atom is 0.267 e. The van der Waals surface area contributed by atoms with E-state index in [4.69, 9.17) is 4.74 Å². The Bertz CT molecular complexity index is 1070. The van der Waals surface area contributed by atoms with Crippen molar-refractivity contribution in [2.45, 2.75) is 31.9 Å². The number of hydrogen-bond acceptors (Lipinski definition) is 5. The van der Waals surface area contributed by atoms with Crippen LogP contribution >= 0.6 is 0 Å². The molecule has 4 rings (SSSR count). The second-order valence-electron chi connectivity index (χ2n) is 8.29. The van der Waals surface area contributed by atoms with E-state index in [0.717, 1.165) is 6.42 Å². The molecule has 0 N–H and O–H groups in total. The highest BCUT2D eigenvalue weighted by Gasteiger charge is 2.46. The first-order valence-corrected chi connectivity index (χ1v) is 10.9. The van der Waals surface area contributed by atoms with E-state index in [9.17, 15) is 14.4 Å². The molecule has 2 aliphatic heterocycles. The van der Waals surface area contributed by atoms with Crippen LogP contribution in [0.2, 0.25) is 0 Å². The number of nitrogens with zero attached hydrogens (tertiary/aromatic N) is 4. The number of ether oxygens (including phenoxy) is 1. The summed E-state index contributed by atoms with van der Waals surface area (Å²) in [6.45, 7) is 3.53. The van der Waals surface area contributed by atoms with Crippen molar-refractivity contribution in [3.05, 3.63) is 76.2 Å². The summed E-state index contributed by atoms with van der Waals surface area (Å²) in [4.78, 5) is 42.0. The Morgan fingerprint density at radius 1 is 1.12 bits per heavy atom. The van der Waals surface area contributed by atoms with Crippen LogP contribution < -0.4 is 5.56 Å². The van der Waals surface area contributed by atoms with E-state index in [0.29, 0.717) is 31.7 Å². The molecule has 0 radical (unpaired) electrons. The number of aromatic nitrogens is 2. The van der Waals surface area contributed by atoms with Gasteiger partial charge in [-0.15, -0.1) is 0 Å². The van der Waals surface area contributed by atoms with Crippen molar-refractivity contribution in [1.82, 2.24) is 19.6 Å². The minimum atomic E-state index is -1.09. The monoisotopic (exact) mass is 436 g/mol. The summed E-state index contributed by atoms with van der Waals surface area (Å²) < 4.78 is 7.20. The number of carbonyl (C=O) groups excluding carboxylic acids is 2. The second kappa shape index (κ2) is 9.48. The van der Waals surface area contributed by atoms with Crippen LogP contribution in [-0.2, 0) is 27.3 Å². The highest BCUT2D eigenvalue weighted by atomic mass is 16.5. The van der Waals surface area contributed by atoms with Gasteiger partial charge < -0.3 is 14.5 Å². The Balaban J connectivity index is 1.47. The third-order valence-electron chi connectivity index (χ3n) is 5.95. The topological polar surface area (TPSA) is 84.7 Å². The maximum atomic E-state index is 13.5. The second-order valence-corrected chi connectivity index (χ2v) is 8.29. The Morgan fingerprint density at radius 2 is 1.94 bits per heavy atom. The van der Waals surface area contributed by atoms with E-state index >= 15 is 0 Å². The largest absolute Gasteiger partial charge is 0.361 e. The first-order valence-electron chi connectivity index (χ1n) is 10.9. The molecule has 1 atom stereocenters. The predicted octanol–water partition coefficient (Wildman–Crippen LogP) is 1.18. The molecule has 0 unspecified atom stereocenters. The van der Waals surface area contributed by atoms with E-state index in [-0.39, 0.29) is 37.1 Å². The highest BCUT2D eigenvalue weighted by molar-refractivity contribution is 5.87. The van der Waals surface area contributed by atoms with Gasteiger partial charge in [0.25, 0.3) is 11.5 Å². The molecule has 1 spiro atoms. The van der Waals surface area contributed by atoms with Crippen molar-refractivity contribution in [2.24, 2.45) is 0 Å². The quantitative estimate of drug-likeness (QED) is 0.658. The van der Waals surface area contributed by atoms with Crippen molar-refractivity contribution in [3.63, 3.8) is 0 Å². The molecule has 0 saturated carbocycles. The molecule has 3 heterocycles. The molecule has 1 aromatic heterocycles. The fraction of sp³-hybridized carbons (Fsp3) is 0.417. The number of hydrogen-bond donors (Lipinski definition) is 0. The average molecular weight is 437 g/mol. The van der Waals surface area contributed by atoms with Gasteiger partial charge in [0.15, 0.2) is 5.60 Å². The van der Waals surface area contributed by atoms with Crippen LogP contribution in [0.15, 0.2) is 59.4 Å². The highest BCUT2D eigenvalue weighted by Crippen LogP contribution is 2.28. The molecule has 8 nitrogen and oxygen atoms in total. The molecule has 1 aromatic carbocycles. The van der Waals surface area contributed by atoms with Crippen molar-refractivity contribution in [3.8, 4) is 0 Å². The summed E-state index contributed by atoms with van der Waals surface area (Å²) >= 11 is 0. The van der Waals surface area contributed by atoms with Gasteiger partial charge in [0.2, 0.25) is 5.91 Å². The SMILES string of the molecule is Cc1ccc(=O)n(CC(=O)N2CCO[C@@]3(CC=CCN(CCc4ccccc4)C3=O)C2)n1. The lowest BCUT2D eigenvalue weighted by molar-refractivity contribution is -0.173. The third-order valence-corrected chi connectivity index (χ3v) is 5.95. The summed E-state index contributed by atoms with van der Waals surface area (Å²) in [6, 6.07) is 13.1. The van der Waals surface area contributed by atoms with Crippen LogP contribution in [0.4, 0.5) is 0 Å². The zero-order chi connectivity index (χ0) is 22.6. The molecule has 1 fully saturated rings. The number of aryl methyl sites for hydroxylation is 1. The zero-order valence-corrected chi connectivity index (χ0v) is 18.3. The Kier molecular flexibility index (Phi) is 6.50. The number of benzene rings is 1. The summed E-state index contributed by atoms with van der Waals surface area (Å²) in [7, 11) is 0. The smallest absolute Gasteiger partial charge is 0.267 e. The number of rotatable bonds is 5. The number of carbonyl (C=O) groups is 2. The fourth-order valence-corrected chi connectivity index (χ4v) is 4.18. The molecule has 2 aromatic rings. The molecule has 2 amide bonds. The van der Waals surface area contributed by atoms with Crippen molar-refractivity contribution >= 4 is 11.8 Å². The van der Waals surface area contributed by atoms with Gasteiger partial charge in [0.05, 0.1) is 18.8 Å². The van der Waals surface area contributed by atoms with E-state index in [2.05, 4.69) is 5.10 Å². The van der Waals surface area contributed by atoms with Gasteiger partial charge >= 0.3 is 0 Å². The number of morpholine rings is 1. The Hall–Kier alpha value is -3.26. The molecular formula is C24H28N4O4. The minimum Gasteiger partial charge on any atom is -0.361 e.